The Bertz CT molecular complexity index is 1340. The van der Waals surface area contributed by atoms with Crippen molar-refractivity contribution in [1.29, 1.82) is 5.26 Å². The van der Waals surface area contributed by atoms with Crippen molar-refractivity contribution >= 4 is 23.3 Å². The Labute approximate surface area is 192 Å². The maximum absolute atomic E-state index is 13.7. The number of nitrogens with zero attached hydrogens (tertiary/aromatic N) is 4. The molecule has 1 saturated carbocycles. The van der Waals surface area contributed by atoms with E-state index >= 15 is 0 Å². The highest BCUT2D eigenvalue weighted by molar-refractivity contribution is 6.43. The first kappa shape index (κ1) is 22.8. The first-order valence-corrected chi connectivity index (χ1v) is 10.2. The van der Waals surface area contributed by atoms with Crippen molar-refractivity contribution in [3.05, 3.63) is 64.5 Å². The number of amides is 2. The zero-order chi connectivity index (χ0) is 24.6. The molecule has 1 aromatic carbocycles. The summed E-state index contributed by atoms with van der Waals surface area (Å²) in [6.07, 6.45) is 1.48. The van der Waals surface area contributed by atoms with Crippen LogP contribution in [0.1, 0.15) is 50.5 Å². The zero-order valence-electron chi connectivity index (χ0n) is 18.1. The minimum Gasteiger partial charge on any atom is -0.346 e. The predicted molar refractivity (Wildman–Crippen MR) is 114 cm³/mol. The molecule has 3 aromatic rings. The van der Waals surface area contributed by atoms with Crippen LogP contribution in [0.5, 0.6) is 0 Å². The Morgan fingerprint density at radius 2 is 2.06 bits per heavy atom. The summed E-state index contributed by atoms with van der Waals surface area (Å²) in [5.74, 6) is -3.20. The van der Waals surface area contributed by atoms with Crippen LogP contribution in [-0.4, -0.2) is 43.7 Å². The summed E-state index contributed by atoms with van der Waals surface area (Å²) in [7, 11) is 1.53. The summed E-state index contributed by atoms with van der Waals surface area (Å²) >= 11 is 0. The zero-order valence-corrected chi connectivity index (χ0v) is 18.1. The summed E-state index contributed by atoms with van der Waals surface area (Å²) < 4.78 is 28.6. The van der Waals surface area contributed by atoms with Crippen LogP contribution in [0.4, 0.5) is 14.5 Å². The standard InChI is InChI=1S/C22H19F2N7O3/c1-11-15(19(32)21(34)28-22(6-13(23)7-22)17-9-26-30-29-17)10-31(2)18(11)20(33)27-14-3-4-16(24)12(5-14)8-25/h3-5,9-10,13H,6-7H2,1-2H3,(H,27,33)(H,28,34)(H,26,29,30). The van der Waals surface area contributed by atoms with Crippen LogP contribution < -0.4 is 10.6 Å². The average molecular weight is 467 g/mol. The molecule has 1 fully saturated rings. The molecular formula is C22H19F2N7O3. The number of aryl methyl sites for hydroxylation is 1. The lowest BCUT2D eigenvalue weighted by molar-refractivity contribution is -0.121. The number of hydrogen-bond acceptors (Lipinski definition) is 6. The van der Waals surface area contributed by atoms with Crippen molar-refractivity contribution < 1.29 is 23.2 Å². The van der Waals surface area contributed by atoms with Crippen molar-refractivity contribution in [3.8, 4) is 6.07 Å². The van der Waals surface area contributed by atoms with E-state index in [-0.39, 0.29) is 40.9 Å². The van der Waals surface area contributed by atoms with Gasteiger partial charge in [0.25, 0.3) is 17.6 Å². The van der Waals surface area contributed by atoms with Crippen LogP contribution in [-0.2, 0) is 17.4 Å². The Morgan fingerprint density at radius 3 is 2.68 bits per heavy atom. The van der Waals surface area contributed by atoms with E-state index in [9.17, 15) is 23.2 Å². The molecule has 0 spiro atoms. The fraction of sp³-hybridized carbons (Fsp3) is 0.273. The number of benzene rings is 1. The summed E-state index contributed by atoms with van der Waals surface area (Å²) in [6.45, 7) is 1.51. The largest absolute Gasteiger partial charge is 0.346 e. The summed E-state index contributed by atoms with van der Waals surface area (Å²) in [6, 6.07) is 5.23. The Hall–Kier alpha value is -4.40. The second-order valence-corrected chi connectivity index (χ2v) is 8.11. The first-order chi connectivity index (χ1) is 16.1. The molecule has 0 aliphatic heterocycles. The van der Waals surface area contributed by atoms with Gasteiger partial charge in [-0.3, -0.25) is 14.4 Å². The summed E-state index contributed by atoms with van der Waals surface area (Å²) in [5, 5.41) is 24.1. The lowest BCUT2D eigenvalue weighted by atomic mass is 9.73. The molecular weight excluding hydrogens is 448 g/mol. The second kappa shape index (κ2) is 8.51. The third kappa shape index (κ3) is 3.92. The molecule has 4 rings (SSSR count). The normalized spacial score (nSPS) is 19.1. The van der Waals surface area contributed by atoms with E-state index in [1.807, 2.05) is 0 Å². The van der Waals surface area contributed by atoms with E-state index in [1.54, 1.807) is 6.07 Å². The van der Waals surface area contributed by atoms with Gasteiger partial charge in [0.15, 0.2) is 0 Å². The number of aromatic amines is 1. The van der Waals surface area contributed by atoms with Crippen LogP contribution in [0.25, 0.3) is 0 Å². The number of hydrogen-bond donors (Lipinski definition) is 3. The molecule has 0 radical (unpaired) electrons. The maximum atomic E-state index is 13.7. The molecule has 34 heavy (non-hydrogen) atoms. The number of H-pyrrole nitrogens is 1. The Morgan fingerprint density at radius 1 is 1.32 bits per heavy atom. The van der Waals surface area contributed by atoms with E-state index < -0.39 is 35.1 Å². The van der Waals surface area contributed by atoms with Crippen molar-refractivity contribution in [3.63, 3.8) is 0 Å². The van der Waals surface area contributed by atoms with Gasteiger partial charge >= 0.3 is 0 Å². The lowest BCUT2D eigenvalue weighted by Crippen LogP contribution is -2.57. The molecule has 0 saturated heterocycles. The Balaban J connectivity index is 1.54. The van der Waals surface area contributed by atoms with Gasteiger partial charge in [0.1, 0.15) is 29.4 Å². The molecule has 1 aliphatic carbocycles. The van der Waals surface area contributed by atoms with Gasteiger partial charge in [-0.05, 0) is 30.7 Å². The third-order valence-corrected chi connectivity index (χ3v) is 5.84. The SMILES string of the molecule is Cc1c(C(=O)C(=O)NC2(c3cn[nH]n3)CC(F)C2)cn(C)c1C(=O)Nc1ccc(F)c(C#N)c1. The quantitative estimate of drug-likeness (QED) is 0.374. The minimum absolute atomic E-state index is 0.00612. The van der Waals surface area contributed by atoms with Crippen LogP contribution in [0.3, 0.4) is 0 Å². The van der Waals surface area contributed by atoms with Gasteiger partial charge in [0.2, 0.25) is 0 Å². The predicted octanol–water partition coefficient (Wildman–Crippen LogP) is 2.04. The molecule has 2 heterocycles. The lowest BCUT2D eigenvalue weighted by Gasteiger charge is -2.42. The first-order valence-electron chi connectivity index (χ1n) is 10.2. The van der Waals surface area contributed by atoms with Crippen molar-refractivity contribution in [2.45, 2.75) is 31.5 Å². The number of carbonyl (C=O) groups is 3. The summed E-state index contributed by atoms with van der Waals surface area (Å²) in [5.41, 5.74) is -0.524. The van der Waals surface area contributed by atoms with E-state index in [4.69, 9.17) is 5.26 Å². The van der Waals surface area contributed by atoms with Gasteiger partial charge in [-0.1, -0.05) is 0 Å². The van der Waals surface area contributed by atoms with Crippen LogP contribution in [0, 0.1) is 24.1 Å². The smallest absolute Gasteiger partial charge is 0.293 e. The van der Waals surface area contributed by atoms with Gasteiger partial charge < -0.3 is 15.2 Å². The number of rotatable bonds is 6. The van der Waals surface area contributed by atoms with Gasteiger partial charge in [-0.25, -0.2) is 8.78 Å². The molecule has 0 atom stereocenters. The van der Waals surface area contributed by atoms with Crippen molar-refractivity contribution in [2.24, 2.45) is 7.05 Å². The van der Waals surface area contributed by atoms with E-state index in [0.717, 1.165) is 6.07 Å². The van der Waals surface area contributed by atoms with Crippen LogP contribution >= 0.6 is 0 Å². The molecule has 1 aliphatic rings. The van der Waals surface area contributed by atoms with Gasteiger partial charge in [-0.15, -0.1) is 0 Å². The van der Waals surface area contributed by atoms with Crippen LogP contribution in [0.2, 0.25) is 0 Å². The topological polar surface area (TPSA) is 146 Å². The molecule has 174 valence electrons. The highest BCUT2D eigenvalue weighted by Crippen LogP contribution is 2.42. The van der Waals surface area contributed by atoms with Crippen molar-refractivity contribution in [1.82, 2.24) is 25.3 Å². The number of aromatic nitrogens is 4. The molecule has 2 aromatic heterocycles. The average Bonchev–Trinajstić information content (AvgIpc) is 3.41. The minimum atomic E-state index is -1.14. The number of halogens is 2. The van der Waals surface area contributed by atoms with E-state index in [1.165, 1.54) is 43.1 Å². The van der Waals surface area contributed by atoms with Gasteiger partial charge in [0.05, 0.1) is 17.3 Å². The number of anilines is 1. The molecule has 0 bridgehead atoms. The molecule has 3 N–H and O–H groups in total. The molecule has 12 heteroatoms. The maximum Gasteiger partial charge on any atom is 0.293 e. The molecule has 0 unspecified atom stereocenters. The van der Waals surface area contributed by atoms with E-state index in [2.05, 4.69) is 26.0 Å². The highest BCUT2D eigenvalue weighted by atomic mass is 19.1. The molecule has 2 amide bonds. The van der Waals surface area contributed by atoms with Gasteiger partial charge in [-0.2, -0.15) is 20.7 Å². The highest BCUT2D eigenvalue weighted by Gasteiger charge is 2.50. The summed E-state index contributed by atoms with van der Waals surface area (Å²) in [4.78, 5) is 38.5. The fourth-order valence-corrected chi connectivity index (χ4v) is 4.09. The number of Topliss-reactive ketones (excluding diaryl/α,β-unsaturated/α-hetero) is 1. The number of nitrogens with one attached hydrogen (secondary N) is 3. The number of nitriles is 1. The number of alkyl halides is 1. The van der Waals surface area contributed by atoms with Crippen molar-refractivity contribution in [2.75, 3.05) is 5.32 Å². The third-order valence-electron chi connectivity index (χ3n) is 5.84. The fourth-order valence-electron chi connectivity index (χ4n) is 4.09. The number of carbonyl (C=O) groups excluding carboxylic acids is 3. The van der Waals surface area contributed by atoms with E-state index in [0.29, 0.717) is 5.69 Å². The number of ketones is 1. The second-order valence-electron chi connectivity index (χ2n) is 8.11. The Kier molecular flexibility index (Phi) is 5.70. The monoisotopic (exact) mass is 467 g/mol. The van der Waals surface area contributed by atoms with Crippen LogP contribution in [0.15, 0.2) is 30.6 Å². The molecule has 10 nitrogen and oxygen atoms in total. The van der Waals surface area contributed by atoms with Gasteiger partial charge in [0, 0.05) is 37.3 Å².